The molecule has 2 atom stereocenters. The van der Waals surface area contributed by atoms with Gasteiger partial charge in [0, 0.05) is 42.9 Å². The van der Waals surface area contributed by atoms with Crippen molar-refractivity contribution in [3.05, 3.63) is 72.6 Å². The maximum atomic E-state index is 12.9. The van der Waals surface area contributed by atoms with Crippen LogP contribution in [0.3, 0.4) is 0 Å². The first kappa shape index (κ1) is 29.8. The fourth-order valence-electron chi connectivity index (χ4n) is 3.69. The molecule has 1 aromatic heterocycles. The van der Waals surface area contributed by atoms with Gasteiger partial charge in [-0.3, -0.25) is 19.4 Å². The number of rotatable bonds is 11. The average Bonchev–Trinajstić information content (AvgIpc) is 2.81. The Balaban J connectivity index is 0.00000306. The summed E-state index contributed by atoms with van der Waals surface area (Å²) in [6.45, 7) is 0.0991. The molecule has 0 saturated heterocycles. The van der Waals surface area contributed by atoms with Gasteiger partial charge in [0.1, 0.15) is 6.61 Å². The first-order chi connectivity index (χ1) is 16.0. The molecular formula is C25H29Cl2N3O5. The van der Waals surface area contributed by atoms with Crippen molar-refractivity contribution in [1.82, 2.24) is 4.98 Å². The third-order valence-corrected chi connectivity index (χ3v) is 5.47. The molecule has 10 heteroatoms. The second-order valence-electron chi connectivity index (χ2n) is 7.81. The third kappa shape index (κ3) is 9.16. The minimum absolute atomic E-state index is 0. The molecule has 35 heavy (non-hydrogen) atoms. The van der Waals surface area contributed by atoms with E-state index >= 15 is 0 Å². The van der Waals surface area contributed by atoms with Crippen LogP contribution < -0.4 is 11.1 Å². The largest absolute Gasteiger partial charge is 0.481 e. The molecule has 1 heterocycles. The van der Waals surface area contributed by atoms with Crippen LogP contribution >= 0.6 is 24.8 Å². The lowest BCUT2D eigenvalue weighted by molar-refractivity contribution is -0.146. The maximum Gasteiger partial charge on any atom is 0.306 e. The molecule has 0 spiro atoms. The third-order valence-electron chi connectivity index (χ3n) is 5.47. The predicted octanol–water partition coefficient (Wildman–Crippen LogP) is 4.21. The summed E-state index contributed by atoms with van der Waals surface area (Å²) in [6.07, 6.45) is 3.29. The van der Waals surface area contributed by atoms with E-state index in [1.165, 1.54) is 0 Å². The number of esters is 1. The van der Waals surface area contributed by atoms with Crippen molar-refractivity contribution >= 4 is 59.1 Å². The number of nitrogens with two attached hydrogens (primary N) is 1. The van der Waals surface area contributed by atoms with Gasteiger partial charge in [0.15, 0.2) is 0 Å². The Morgan fingerprint density at radius 1 is 1.03 bits per heavy atom. The molecule has 0 fully saturated rings. The van der Waals surface area contributed by atoms with E-state index < -0.39 is 23.8 Å². The van der Waals surface area contributed by atoms with Crippen molar-refractivity contribution in [3.8, 4) is 0 Å². The quantitative estimate of drug-likeness (QED) is 0.322. The number of nitrogens with one attached hydrogen (secondary N) is 1. The zero-order valence-electron chi connectivity index (χ0n) is 19.0. The molecule has 3 aromatic rings. The van der Waals surface area contributed by atoms with Crippen molar-refractivity contribution in [3.63, 3.8) is 0 Å². The molecule has 0 aliphatic heterocycles. The van der Waals surface area contributed by atoms with E-state index in [4.69, 9.17) is 10.5 Å². The molecule has 2 aromatic carbocycles. The number of carboxylic acids is 1. The summed E-state index contributed by atoms with van der Waals surface area (Å²) in [4.78, 5) is 40.6. The van der Waals surface area contributed by atoms with Gasteiger partial charge in [0.2, 0.25) is 5.91 Å². The molecule has 0 aliphatic rings. The molecule has 0 bridgehead atoms. The van der Waals surface area contributed by atoms with E-state index in [-0.39, 0.29) is 63.1 Å². The highest BCUT2D eigenvalue weighted by molar-refractivity contribution is 5.96. The monoisotopic (exact) mass is 521 g/mol. The van der Waals surface area contributed by atoms with Crippen molar-refractivity contribution in [2.45, 2.75) is 25.9 Å². The van der Waals surface area contributed by atoms with Crippen LogP contribution in [0.2, 0.25) is 0 Å². The van der Waals surface area contributed by atoms with Crippen LogP contribution in [0, 0.1) is 11.8 Å². The fraction of sp³-hybridized carbons (Fsp3) is 0.280. The van der Waals surface area contributed by atoms with Crippen LogP contribution in [0.15, 0.2) is 67.0 Å². The fourth-order valence-corrected chi connectivity index (χ4v) is 3.69. The Morgan fingerprint density at radius 3 is 2.46 bits per heavy atom. The summed E-state index contributed by atoms with van der Waals surface area (Å²) in [5.74, 6) is -3.26. The van der Waals surface area contributed by atoms with Gasteiger partial charge in [-0.1, -0.05) is 36.4 Å². The number of anilines is 1. The van der Waals surface area contributed by atoms with E-state index in [1.807, 2.05) is 48.5 Å². The highest BCUT2D eigenvalue weighted by atomic mass is 35.5. The van der Waals surface area contributed by atoms with Gasteiger partial charge in [-0.15, -0.1) is 24.8 Å². The Bertz CT molecular complexity index is 1110. The Morgan fingerprint density at radius 2 is 1.77 bits per heavy atom. The number of pyridine rings is 1. The van der Waals surface area contributed by atoms with Crippen LogP contribution in [0.25, 0.3) is 10.8 Å². The molecule has 1 unspecified atom stereocenters. The molecule has 0 radical (unpaired) electrons. The lowest BCUT2D eigenvalue weighted by atomic mass is 9.85. The summed E-state index contributed by atoms with van der Waals surface area (Å²) in [6, 6.07) is 16.5. The number of aromatic nitrogens is 1. The molecule has 1 amide bonds. The Labute approximate surface area is 216 Å². The molecule has 8 nitrogen and oxygen atoms in total. The first-order valence-corrected chi connectivity index (χ1v) is 10.7. The van der Waals surface area contributed by atoms with Gasteiger partial charge >= 0.3 is 11.9 Å². The number of benzene rings is 2. The first-order valence-electron chi connectivity index (χ1n) is 10.7. The second kappa shape index (κ2) is 14.9. The SMILES string of the molecule is Cl.Cl.NC[C@@H](C(=O)Nc1ccc2cnccc2c1)C(CCC(=O)OCc1ccccc1)CC(=O)O. The number of carbonyl (C=O) groups is 3. The molecular weight excluding hydrogens is 493 g/mol. The predicted molar refractivity (Wildman–Crippen MR) is 139 cm³/mol. The standard InChI is InChI=1S/C25H27N3O5.2ClH/c26-14-22(25(32)28-21-8-6-20-15-27-11-10-18(20)12-21)19(13-23(29)30)7-9-24(31)33-16-17-4-2-1-3-5-17;;/h1-6,8,10-12,15,19,22H,7,9,13-14,16,26H2,(H,28,32)(H,29,30);2*1H/t19?,22-;;/m1../s1. The highest BCUT2D eigenvalue weighted by Crippen LogP contribution is 2.25. The lowest BCUT2D eigenvalue weighted by Gasteiger charge is -2.24. The summed E-state index contributed by atoms with van der Waals surface area (Å²) in [5.41, 5.74) is 7.29. The molecule has 188 valence electrons. The zero-order chi connectivity index (χ0) is 23.6. The summed E-state index contributed by atoms with van der Waals surface area (Å²) in [5, 5.41) is 14.0. The van der Waals surface area contributed by atoms with Crippen LogP contribution in [-0.2, 0) is 25.7 Å². The topological polar surface area (TPSA) is 132 Å². The Hall–Kier alpha value is -3.20. The number of hydrogen-bond acceptors (Lipinski definition) is 6. The van der Waals surface area contributed by atoms with Gasteiger partial charge in [-0.2, -0.15) is 0 Å². The maximum absolute atomic E-state index is 12.9. The number of carboxylic acid groups (broad SMARTS) is 1. The van der Waals surface area contributed by atoms with Crippen molar-refractivity contribution in [2.75, 3.05) is 11.9 Å². The van der Waals surface area contributed by atoms with E-state index in [0.29, 0.717) is 5.69 Å². The highest BCUT2D eigenvalue weighted by Gasteiger charge is 2.30. The number of carbonyl (C=O) groups excluding carboxylic acids is 2. The molecule has 4 N–H and O–H groups in total. The number of fused-ring (bicyclic) bond motifs is 1. The van der Waals surface area contributed by atoms with Gasteiger partial charge in [-0.25, -0.2) is 0 Å². The number of halogens is 2. The summed E-state index contributed by atoms with van der Waals surface area (Å²) >= 11 is 0. The number of nitrogens with zero attached hydrogens (tertiary/aromatic N) is 1. The zero-order valence-corrected chi connectivity index (χ0v) is 20.6. The summed E-state index contributed by atoms with van der Waals surface area (Å²) < 4.78 is 5.27. The Kier molecular flexibility index (Phi) is 12.7. The van der Waals surface area contributed by atoms with Crippen LogP contribution in [0.4, 0.5) is 5.69 Å². The van der Waals surface area contributed by atoms with E-state index in [1.54, 1.807) is 18.5 Å². The minimum Gasteiger partial charge on any atom is -0.481 e. The van der Waals surface area contributed by atoms with Gasteiger partial charge in [0.05, 0.1) is 5.92 Å². The van der Waals surface area contributed by atoms with Gasteiger partial charge < -0.3 is 20.9 Å². The molecule has 3 rings (SSSR count). The molecule has 0 saturated carbocycles. The average molecular weight is 522 g/mol. The van der Waals surface area contributed by atoms with E-state index in [2.05, 4.69) is 10.3 Å². The second-order valence-corrected chi connectivity index (χ2v) is 7.81. The number of hydrogen-bond donors (Lipinski definition) is 3. The normalized spacial score (nSPS) is 11.9. The molecule has 0 aliphatic carbocycles. The van der Waals surface area contributed by atoms with Crippen molar-refractivity contribution in [1.29, 1.82) is 0 Å². The number of amides is 1. The number of aliphatic carboxylic acids is 1. The lowest BCUT2D eigenvalue weighted by Crippen LogP contribution is -2.36. The van der Waals surface area contributed by atoms with Crippen LogP contribution in [-0.4, -0.2) is 34.5 Å². The van der Waals surface area contributed by atoms with E-state index in [0.717, 1.165) is 16.3 Å². The smallest absolute Gasteiger partial charge is 0.306 e. The van der Waals surface area contributed by atoms with E-state index in [9.17, 15) is 19.5 Å². The minimum atomic E-state index is -1.05. The van der Waals surface area contributed by atoms with Crippen LogP contribution in [0.1, 0.15) is 24.8 Å². The van der Waals surface area contributed by atoms with Crippen molar-refractivity contribution in [2.24, 2.45) is 17.6 Å². The number of ether oxygens (including phenoxy) is 1. The van der Waals surface area contributed by atoms with Crippen LogP contribution in [0.5, 0.6) is 0 Å². The van der Waals surface area contributed by atoms with Gasteiger partial charge in [-0.05, 0) is 41.5 Å². The van der Waals surface area contributed by atoms with Gasteiger partial charge in [0.25, 0.3) is 0 Å². The van der Waals surface area contributed by atoms with Crippen molar-refractivity contribution < 1.29 is 24.2 Å². The summed E-state index contributed by atoms with van der Waals surface area (Å²) in [7, 11) is 0.